The number of pyridine rings is 1. The number of fused-ring (bicyclic) bond motifs is 1. The average Bonchev–Trinajstić information content (AvgIpc) is 3.45. The van der Waals surface area contributed by atoms with E-state index in [9.17, 15) is 15.2 Å². The van der Waals surface area contributed by atoms with E-state index in [4.69, 9.17) is 9.84 Å². The lowest BCUT2D eigenvalue weighted by Gasteiger charge is -2.49. The van der Waals surface area contributed by atoms with Gasteiger partial charge in [-0.15, -0.1) is 0 Å². The molecule has 3 aromatic rings. The van der Waals surface area contributed by atoms with E-state index in [-0.39, 0.29) is 11.9 Å². The Balaban J connectivity index is 1.27. The van der Waals surface area contributed by atoms with E-state index in [2.05, 4.69) is 34.3 Å². The minimum Gasteiger partial charge on any atom is -0.494 e. The van der Waals surface area contributed by atoms with Crippen molar-refractivity contribution in [1.82, 2.24) is 29.2 Å². The number of carbonyl (C=O) groups excluding carboxylic acids is 1. The quantitative estimate of drug-likeness (QED) is 0.541. The zero-order chi connectivity index (χ0) is 24.7. The molecule has 35 heavy (non-hydrogen) atoms. The first-order valence-electron chi connectivity index (χ1n) is 11.7. The molecule has 0 spiro atoms. The van der Waals surface area contributed by atoms with Crippen molar-refractivity contribution in [1.29, 1.82) is 5.26 Å². The Bertz CT molecular complexity index is 1320. The largest absolute Gasteiger partial charge is 0.494 e. The van der Waals surface area contributed by atoms with Gasteiger partial charge in [-0.25, -0.2) is 4.52 Å². The number of amides is 1. The Morgan fingerprint density at radius 2 is 2.09 bits per heavy atom. The summed E-state index contributed by atoms with van der Waals surface area (Å²) in [5.74, 6) is 0.465. The summed E-state index contributed by atoms with van der Waals surface area (Å²) in [4.78, 5) is 15.6. The molecular weight excluding hydrogens is 446 g/mol. The molecule has 0 aliphatic carbocycles. The van der Waals surface area contributed by atoms with Gasteiger partial charge in [0.2, 0.25) is 5.91 Å². The standard InChI is InChI=1S/C25H29N7O3/c1-4-23(33)30-15-25(34,16-30)14-29-7-5-20(6-8-29)32-17(2)21(12-28-32)18-9-22(35-3)24-19(10-26)11-27-31(24)13-18/h4,9,11-13,20,34H,1,5-8,14-16H2,2-3H3. The van der Waals surface area contributed by atoms with Crippen LogP contribution in [0.1, 0.15) is 30.1 Å². The van der Waals surface area contributed by atoms with Crippen LogP contribution < -0.4 is 4.74 Å². The van der Waals surface area contributed by atoms with Crippen molar-refractivity contribution in [3.05, 3.63) is 48.6 Å². The molecule has 5 heterocycles. The maximum atomic E-state index is 11.7. The second-order valence-corrected chi connectivity index (χ2v) is 9.48. The molecule has 0 atom stereocenters. The van der Waals surface area contributed by atoms with Crippen LogP contribution in [-0.2, 0) is 4.79 Å². The number of aliphatic hydroxyl groups is 1. The highest BCUT2D eigenvalue weighted by molar-refractivity contribution is 5.87. The van der Waals surface area contributed by atoms with Gasteiger partial charge in [-0.05, 0) is 31.9 Å². The van der Waals surface area contributed by atoms with Gasteiger partial charge < -0.3 is 19.6 Å². The Morgan fingerprint density at radius 3 is 2.74 bits per heavy atom. The summed E-state index contributed by atoms with van der Waals surface area (Å²) < 4.78 is 9.32. The zero-order valence-electron chi connectivity index (χ0n) is 20.0. The SMILES string of the molecule is C=CC(=O)N1CC(O)(CN2CCC(n3ncc(-c4cc(OC)c5c(C#N)cnn5c4)c3C)CC2)C1. The molecule has 0 bridgehead atoms. The van der Waals surface area contributed by atoms with E-state index in [1.807, 2.05) is 18.5 Å². The Kier molecular flexibility index (Phi) is 5.83. The van der Waals surface area contributed by atoms with E-state index in [1.54, 1.807) is 22.7 Å². The maximum absolute atomic E-state index is 11.7. The van der Waals surface area contributed by atoms with Gasteiger partial charge in [0.05, 0.1) is 38.6 Å². The monoisotopic (exact) mass is 475 g/mol. The summed E-state index contributed by atoms with van der Waals surface area (Å²) in [7, 11) is 1.59. The number of hydrogen-bond acceptors (Lipinski definition) is 7. The number of methoxy groups -OCH3 is 1. The predicted octanol–water partition coefficient (Wildman–Crippen LogP) is 1.78. The predicted molar refractivity (Wildman–Crippen MR) is 129 cm³/mol. The molecule has 182 valence electrons. The summed E-state index contributed by atoms with van der Waals surface area (Å²) in [5.41, 5.74) is 3.27. The second kappa shape index (κ2) is 8.83. The first kappa shape index (κ1) is 23.1. The molecule has 3 aromatic heterocycles. The maximum Gasteiger partial charge on any atom is 0.246 e. The zero-order valence-corrected chi connectivity index (χ0v) is 20.0. The van der Waals surface area contributed by atoms with Crippen LogP contribution in [0.25, 0.3) is 16.6 Å². The van der Waals surface area contributed by atoms with Crippen molar-refractivity contribution in [3.8, 4) is 22.9 Å². The topological polar surface area (TPSA) is 112 Å². The van der Waals surface area contributed by atoms with Crippen molar-refractivity contribution in [2.24, 2.45) is 0 Å². The van der Waals surface area contributed by atoms with Crippen molar-refractivity contribution >= 4 is 11.4 Å². The van der Waals surface area contributed by atoms with Crippen molar-refractivity contribution in [3.63, 3.8) is 0 Å². The van der Waals surface area contributed by atoms with Crippen LogP contribution in [0, 0.1) is 18.3 Å². The van der Waals surface area contributed by atoms with Crippen LogP contribution in [0.4, 0.5) is 0 Å². The van der Waals surface area contributed by atoms with Crippen LogP contribution in [-0.4, -0.2) is 85.6 Å². The van der Waals surface area contributed by atoms with Gasteiger partial charge in [-0.3, -0.25) is 9.48 Å². The van der Waals surface area contributed by atoms with Crippen LogP contribution in [0.5, 0.6) is 5.75 Å². The van der Waals surface area contributed by atoms with Gasteiger partial charge in [0, 0.05) is 42.7 Å². The lowest BCUT2D eigenvalue weighted by atomic mass is 9.92. The summed E-state index contributed by atoms with van der Waals surface area (Å²) in [6.07, 6.45) is 8.47. The first-order valence-corrected chi connectivity index (χ1v) is 11.7. The van der Waals surface area contributed by atoms with E-state index in [1.165, 1.54) is 6.08 Å². The highest BCUT2D eigenvalue weighted by atomic mass is 16.5. The molecule has 0 saturated carbocycles. The molecule has 0 unspecified atom stereocenters. The van der Waals surface area contributed by atoms with Gasteiger partial charge >= 0.3 is 0 Å². The Morgan fingerprint density at radius 1 is 1.34 bits per heavy atom. The number of aromatic nitrogens is 4. The highest BCUT2D eigenvalue weighted by Gasteiger charge is 2.44. The Labute approximate surface area is 203 Å². The van der Waals surface area contributed by atoms with E-state index in [0.717, 1.165) is 42.8 Å². The molecule has 2 aliphatic rings. The van der Waals surface area contributed by atoms with E-state index >= 15 is 0 Å². The highest BCUT2D eigenvalue weighted by Crippen LogP contribution is 2.34. The molecular formula is C25H29N7O3. The number of likely N-dealkylation sites (tertiary alicyclic amines) is 2. The normalized spacial score (nSPS) is 18.3. The molecule has 0 aromatic carbocycles. The van der Waals surface area contributed by atoms with Gasteiger partial charge in [-0.2, -0.15) is 15.5 Å². The first-order chi connectivity index (χ1) is 16.9. The van der Waals surface area contributed by atoms with Gasteiger partial charge in [0.1, 0.15) is 28.5 Å². The molecule has 2 aliphatic heterocycles. The van der Waals surface area contributed by atoms with E-state index in [0.29, 0.717) is 36.5 Å². The minimum absolute atomic E-state index is 0.131. The number of piperidine rings is 1. The number of carbonyl (C=O) groups is 1. The van der Waals surface area contributed by atoms with Crippen LogP contribution in [0.2, 0.25) is 0 Å². The fourth-order valence-electron chi connectivity index (χ4n) is 5.33. The Hall–Kier alpha value is -3.68. The smallest absolute Gasteiger partial charge is 0.246 e. The third-order valence-corrected chi connectivity index (χ3v) is 7.15. The number of hydrogen-bond donors (Lipinski definition) is 1. The molecule has 10 heteroatoms. The second-order valence-electron chi connectivity index (χ2n) is 9.48. The van der Waals surface area contributed by atoms with Crippen molar-refractivity contribution < 1.29 is 14.6 Å². The molecule has 0 radical (unpaired) electrons. The summed E-state index contributed by atoms with van der Waals surface area (Å²) in [5, 5.41) is 29.1. The molecule has 2 fully saturated rings. The third-order valence-electron chi connectivity index (χ3n) is 7.15. The average molecular weight is 476 g/mol. The summed E-state index contributed by atoms with van der Waals surface area (Å²) in [6.45, 7) is 8.58. The molecule has 5 rings (SSSR count). The van der Waals surface area contributed by atoms with Crippen LogP contribution in [0.3, 0.4) is 0 Å². The van der Waals surface area contributed by atoms with Crippen LogP contribution in [0.15, 0.2) is 37.3 Å². The van der Waals surface area contributed by atoms with Gasteiger partial charge in [-0.1, -0.05) is 6.58 Å². The fourth-order valence-corrected chi connectivity index (χ4v) is 5.33. The van der Waals surface area contributed by atoms with E-state index < -0.39 is 5.60 Å². The van der Waals surface area contributed by atoms with Crippen molar-refractivity contribution in [2.45, 2.75) is 31.4 Å². The molecule has 2 saturated heterocycles. The minimum atomic E-state index is -0.837. The van der Waals surface area contributed by atoms with Crippen LogP contribution >= 0.6 is 0 Å². The lowest BCUT2D eigenvalue weighted by molar-refractivity contribution is -0.154. The number of β-amino-alcohol motifs (C(OH)–C–C–N with tert-alkyl or cyclic N) is 1. The third kappa shape index (κ3) is 4.07. The number of rotatable bonds is 6. The van der Waals surface area contributed by atoms with Crippen molar-refractivity contribution in [2.75, 3.05) is 39.8 Å². The van der Waals surface area contributed by atoms with Gasteiger partial charge in [0.25, 0.3) is 0 Å². The number of nitriles is 1. The fraction of sp³-hybridized carbons (Fsp3) is 0.440. The lowest BCUT2D eigenvalue weighted by Crippen LogP contribution is -2.67. The molecule has 1 amide bonds. The number of ether oxygens (including phenoxy) is 1. The summed E-state index contributed by atoms with van der Waals surface area (Å²) in [6, 6.07) is 4.36. The number of nitrogens with zero attached hydrogens (tertiary/aromatic N) is 7. The van der Waals surface area contributed by atoms with Gasteiger partial charge in [0.15, 0.2) is 0 Å². The molecule has 1 N–H and O–H groups in total. The molecule has 10 nitrogen and oxygen atoms in total. The summed E-state index contributed by atoms with van der Waals surface area (Å²) >= 11 is 0.